The number of nitrogens with zero attached hydrogens (tertiary/aromatic N) is 1. The SMILES string of the molecule is O=C(CNc1ccc(Br)cc1)N/N=C\c1ccc(OCc2cccc3ccccc23)c(Br)c1. The molecule has 0 bridgehead atoms. The van der Waals surface area contributed by atoms with Crippen LogP contribution in [0.5, 0.6) is 5.75 Å². The molecule has 0 aliphatic rings. The Morgan fingerprint density at radius 2 is 1.73 bits per heavy atom. The van der Waals surface area contributed by atoms with Crippen molar-refractivity contribution >= 4 is 60.4 Å². The number of carbonyl (C=O) groups excluding carboxylic acids is 1. The molecule has 2 N–H and O–H groups in total. The Hall–Kier alpha value is -3.16. The predicted octanol–water partition coefficient (Wildman–Crippen LogP) is 6.51. The molecule has 0 radical (unpaired) electrons. The third kappa shape index (κ3) is 6.43. The van der Waals surface area contributed by atoms with Gasteiger partial charge in [0.15, 0.2) is 0 Å². The first-order valence-corrected chi connectivity index (χ1v) is 11.9. The number of hydrogen-bond acceptors (Lipinski definition) is 4. The van der Waals surface area contributed by atoms with Gasteiger partial charge in [-0.15, -0.1) is 0 Å². The highest BCUT2D eigenvalue weighted by atomic mass is 79.9. The van der Waals surface area contributed by atoms with Crippen LogP contribution in [0.1, 0.15) is 11.1 Å². The average molecular weight is 567 g/mol. The molecule has 0 unspecified atom stereocenters. The van der Waals surface area contributed by atoms with Crippen LogP contribution in [0.25, 0.3) is 10.8 Å². The summed E-state index contributed by atoms with van der Waals surface area (Å²) in [6.07, 6.45) is 1.59. The number of benzene rings is 4. The van der Waals surface area contributed by atoms with Crippen molar-refractivity contribution in [2.24, 2.45) is 5.10 Å². The summed E-state index contributed by atoms with van der Waals surface area (Å²) in [5.74, 6) is 0.506. The van der Waals surface area contributed by atoms with Gasteiger partial charge in [0.1, 0.15) is 12.4 Å². The highest BCUT2D eigenvalue weighted by Gasteiger charge is 2.06. The fourth-order valence-electron chi connectivity index (χ4n) is 3.26. The molecule has 0 heterocycles. The zero-order valence-corrected chi connectivity index (χ0v) is 20.8. The molecular formula is C26H21Br2N3O2. The van der Waals surface area contributed by atoms with Crippen molar-refractivity contribution < 1.29 is 9.53 Å². The number of amides is 1. The molecule has 0 aliphatic heterocycles. The quantitative estimate of drug-likeness (QED) is 0.189. The van der Waals surface area contributed by atoms with E-state index in [9.17, 15) is 4.79 Å². The molecule has 0 aliphatic carbocycles. The summed E-state index contributed by atoms with van der Waals surface area (Å²) >= 11 is 6.94. The lowest BCUT2D eigenvalue weighted by Gasteiger charge is -2.11. The number of nitrogens with one attached hydrogen (secondary N) is 2. The fourth-order valence-corrected chi connectivity index (χ4v) is 4.03. The van der Waals surface area contributed by atoms with E-state index in [0.717, 1.165) is 31.5 Å². The van der Waals surface area contributed by atoms with Gasteiger partial charge >= 0.3 is 0 Å². The van der Waals surface area contributed by atoms with Crippen LogP contribution in [0.2, 0.25) is 0 Å². The third-order valence-electron chi connectivity index (χ3n) is 4.92. The molecule has 4 rings (SSSR count). The van der Waals surface area contributed by atoms with Crippen molar-refractivity contribution in [2.75, 3.05) is 11.9 Å². The number of rotatable bonds is 8. The van der Waals surface area contributed by atoms with Gasteiger partial charge in [0.25, 0.3) is 5.91 Å². The highest BCUT2D eigenvalue weighted by molar-refractivity contribution is 9.10. The van der Waals surface area contributed by atoms with Crippen LogP contribution in [-0.2, 0) is 11.4 Å². The molecule has 7 heteroatoms. The summed E-state index contributed by atoms with van der Waals surface area (Å²) in [6.45, 7) is 0.596. The Morgan fingerprint density at radius 1 is 0.939 bits per heavy atom. The normalized spacial score (nSPS) is 11.0. The van der Waals surface area contributed by atoms with Crippen LogP contribution in [0.3, 0.4) is 0 Å². The van der Waals surface area contributed by atoms with E-state index in [2.05, 4.69) is 72.0 Å². The van der Waals surface area contributed by atoms with Gasteiger partial charge in [0, 0.05) is 10.2 Å². The Bertz CT molecular complexity index is 1290. The van der Waals surface area contributed by atoms with E-state index in [1.807, 2.05) is 60.7 Å². The molecule has 5 nitrogen and oxygen atoms in total. The third-order valence-corrected chi connectivity index (χ3v) is 6.07. The van der Waals surface area contributed by atoms with Gasteiger partial charge < -0.3 is 10.1 Å². The number of halogens is 2. The van der Waals surface area contributed by atoms with Crippen molar-refractivity contribution in [1.82, 2.24) is 5.43 Å². The number of anilines is 1. The van der Waals surface area contributed by atoms with Crippen molar-refractivity contribution in [3.63, 3.8) is 0 Å². The van der Waals surface area contributed by atoms with Gasteiger partial charge in [-0.1, -0.05) is 58.4 Å². The van der Waals surface area contributed by atoms with E-state index >= 15 is 0 Å². The number of ether oxygens (including phenoxy) is 1. The zero-order chi connectivity index (χ0) is 23.0. The lowest BCUT2D eigenvalue weighted by atomic mass is 10.1. The van der Waals surface area contributed by atoms with E-state index in [0.29, 0.717) is 6.61 Å². The minimum absolute atomic E-state index is 0.129. The van der Waals surface area contributed by atoms with Gasteiger partial charge in [-0.25, -0.2) is 5.43 Å². The van der Waals surface area contributed by atoms with Crippen LogP contribution < -0.4 is 15.5 Å². The summed E-state index contributed by atoms with van der Waals surface area (Å²) in [5.41, 5.74) is 5.35. The molecular weight excluding hydrogens is 546 g/mol. The van der Waals surface area contributed by atoms with Gasteiger partial charge in [0.05, 0.1) is 17.2 Å². The van der Waals surface area contributed by atoms with Crippen molar-refractivity contribution in [1.29, 1.82) is 0 Å². The molecule has 166 valence electrons. The first kappa shape index (κ1) is 23.0. The Kier molecular flexibility index (Phi) is 7.75. The largest absolute Gasteiger partial charge is 0.488 e. The smallest absolute Gasteiger partial charge is 0.259 e. The standard InChI is InChI=1S/C26H21Br2N3O2/c27-21-9-11-22(12-10-21)29-16-26(32)31-30-15-18-8-13-25(24(28)14-18)33-17-20-6-3-5-19-4-1-2-7-23(19)20/h1-15,29H,16-17H2,(H,31,32)/b30-15-. The van der Waals surface area contributed by atoms with Crippen LogP contribution in [0.4, 0.5) is 5.69 Å². The minimum Gasteiger partial charge on any atom is -0.488 e. The number of fused-ring (bicyclic) bond motifs is 1. The molecule has 33 heavy (non-hydrogen) atoms. The lowest BCUT2D eigenvalue weighted by Crippen LogP contribution is -2.25. The van der Waals surface area contributed by atoms with E-state index < -0.39 is 0 Å². The Morgan fingerprint density at radius 3 is 2.55 bits per heavy atom. The molecule has 1 amide bonds. The number of carbonyl (C=O) groups is 1. The van der Waals surface area contributed by atoms with Gasteiger partial charge in [0.2, 0.25) is 0 Å². The topological polar surface area (TPSA) is 62.7 Å². The lowest BCUT2D eigenvalue weighted by molar-refractivity contribution is -0.119. The van der Waals surface area contributed by atoms with Crippen LogP contribution in [0.15, 0.2) is 99.0 Å². The zero-order valence-electron chi connectivity index (χ0n) is 17.6. The summed E-state index contributed by atoms with van der Waals surface area (Å²) in [7, 11) is 0. The van der Waals surface area contributed by atoms with Gasteiger partial charge in [-0.3, -0.25) is 4.79 Å². The first-order valence-electron chi connectivity index (χ1n) is 10.3. The van der Waals surface area contributed by atoms with E-state index in [1.165, 1.54) is 10.8 Å². The summed E-state index contributed by atoms with van der Waals surface area (Å²) in [5, 5.41) is 9.46. The average Bonchev–Trinajstić information content (AvgIpc) is 2.83. The molecule has 0 spiro atoms. The molecule has 0 saturated carbocycles. The van der Waals surface area contributed by atoms with Crippen molar-refractivity contribution in [2.45, 2.75) is 6.61 Å². The maximum absolute atomic E-state index is 12.0. The Balaban J connectivity index is 1.30. The van der Waals surface area contributed by atoms with Crippen molar-refractivity contribution in [3.05, 3.63) is 105 Å². The Labute approximate surface area is 209 Å². The maximum Gasteiger partial charge on any atom is 0.259 e. The molecule has 4 aromatic carbocycles. The minimum atomic E-state index is -0.233. The maximum atomic E-state index is 12.0. The summed E-state index contributed by atoms with van der Waals surface area (Å²) in [4.78, 5) is 12.0. The fraction of sp³-hybridized carbons (Fsp3) is 0.0769. The molecule has 0 aromatic heterocycles. The van der Waals surface area contributed by atoms with E-state index in [1.54, 1.807) is 6.21 Å². The van der Waals surface area contributed by atoms with Crippen molar-refractivity contribution in [3.8, 4) is 5.75 Å². The molecule has 0 atom stereocenters. The van der Waals surface area contributed by atoms with Crippen LogP contribution >= 0.6 is 31.9 Å². The van der Waals surface area contributed by atoms with Crippen LogP contribution in [0, 0.1) is 0 Å². The molecule has 0 saturated heterocycles. The second kappa shape index (κ2) is 11.1. The highest BCUT2D eigenvalue weighted by Crippen LogP contribution is 2.27. The summed E-state index contributed by atoms with van der Waals surface area (Å²) < 4.78 is 7.84. The predicted molar refractivity (Wildman–Crippen MR) is 141 cm³/mol. The number of hydrazone groups is 1. The first-order chi connectivity index (χ1) is 16.1. The van der Waals surface area contributed by atoms with Gasteiger partial charge in [-0.05, 0) is 80.3 Å². The monoisotopic (exact) mass is 565 g/mol. The number of hydrogen-bond donors (Lipinski definition) is 2. The van der Waals surface area contributed by atoms with E-state index in [-0.39, 0.29) is 12.5 Å². The van der Waals surface area contributed by atoms with Crippen LogP contribution in [-0.4, -0.2) is 18.7 Å². The second-order valence-corrected chi connectivity index (χ2v) is 9.04. The molecule has 4 aromatic rings. The molecule has 0 fully saturated rings. The summed E-state index contributed by atoms with van der Waals surface area (Å²) in [6, 6.07) is 27.7. The van der Waals surface area contributed by atoms with Gasteiger partial charge in [-0.2, -0.15) is 5.10 Å². The second-order valence-electron chi connectivity index (χ2n) is 7.27. The van der Waals surface area contributed by atoms with E-state index in [4.69, 9.17) is 4.74 Å².